The van der Waals surface area contributed by atoms with Crippen molar-refractivity contribution in [1.82, 2.24) is 4.98 Å². The first kappa shape index (κ1) is 12.9. The van der Waals surface area contributed by atoms with E-state index in [2.05, 4.69) is 4.98 Å². The van der Waals surface area contributed by atoms with Crippen molar-refractivity contribution in [1.29, 1.82) is 0 Å². The van der Waals surface area contributed by atoms with E-state index in [4.69, 9.17) is 17.2 Å². The maximum atomic E-state index is 10.9. The van der Waals surface area contributed by atoms with Crippen LogP contribution in [0.15, 0.2) is 18.2 Å². The average Bonchev–Trinajstić information content (AvgIpc) is 2.27. The molecule has 1 heterocycles. The molecule has 0 aliphatic rings. The lowest BCUT2D eigenvalue weighted by molar-refractivity contribution is -0.117. The van der Waals surface area contributed by atoms with Crippen molar-refractivity contribution in [3.63, 3.8) is 0 Å². The standard InChI is InChI=1S/C10H15N5O2/c11-4-7-2-1-3-10(14-7)15(5-8(12)16)6-9(13)17/h1-3H,4-6,11H2,(H2,12,16)(H2,13,17). The Balaban J connectivity index is 2.94. The highest BCUT2D eigenvalue weighted by Crippen LogP contribution is 2.10. The third kappa shape index (κ3) is 4.07. The van der Waals surface area contributed by atoms with Gasteiger partial charge in [0.05, 0.1) is 18.8 Å². The molecule has 0 atom stereocenters. The molecule has 1 aromatic heterocycles. The third-order valence-electron chi connectivity index (χ3n) is 2.02. The van der Waals surface area contributed by atoms with Gasteiger partial charge in [-0.05, 0) is 12.1 Å². The van der Waals surface area contributed by atoms with Gasteiger partial charge in [0, 0.05) is 6.54 Å². The van der Waals surface area contributed by atoms with Crippen LogP contribution in [0.1, 0.15) is 5.69 Å². The first-order chi connectivity index (χ1) is 8.02. The van der Waals surface area contributed by atoms with Crippen molar-refractivity contribution in [3.05, 3.63) is 23.9 Å². The molecule has 0 bridgehead atoms. The van der Waals surface area contributed by atoms with Crippen molar-refractivity contribution >= 4 is 17.6 Å². The molecule has 0 unspecified atom stereocenters. The summed E-state index contributed by atoms with van der Waals surface area (Å²) in [6.07, 6.45) is 0. The minimum absolute atomic E-state index is 0.121. The molecule has 0 radical (unpaired) electrons. The van der Waals surface area contributed by atoms with Crippen molar-refractivity contribution in [3.8, 4) is 0 Å². The second-order valence-corrected chi connectivity index (χ2v) is 3.48. The molecular formula is C10H15N5O2. The number of nitrogens with two attached hydrogens (primary N) is 3. The van der Waals surface area contributed by atoms with Gasteiger partial charge in [-0.1, -0.05) is 6.07 Å². The van der Waals surface area contributed by atoms with E-state index in [9.17, 15) is 9.59 Å². The molecule has 1 aromatic rings. The first-order valence-electron chi connectivity index (χ1n) is 5.00. The average molecular weight is 237 g/mol. The largest absolute Gasteiger partial charge is 0.368 e. The molecule has 7 heteroatoms. The molecule has 0 fully saturated rings. The monoisotopic (exact) mass is 237 g/mol. The number of hydrogen-bond donors (Lipinski definition) is 3. The van der Waals surface area contributed by atoms with Crippen molar-refractivity contribution < 1.29 is 9.59 Å². The number of primary amides is 2. The SMILES string of the molecule is NCc1cccc(N(CC(N)=O)CC(N)=O)n1. The van der Waals surface area contributed by atoms with Crippen LogP contribution in [0, 0.1) is 0 Å². The minimum atomic E-state index is -0.564. The summed E-state index contributed by atoms with van der Waals surface area (Å²) in [5, 5.41) is 0. The number of anilines is 1. The minimum Gasteiger partial charge on any atom is -0.368 e. The van der Waals surface area contributed by atoms with E-state index in [1.807, 2.05) is 0 Å². The highest BCUT2D eigenvalue weighted by molar-refractivity contribution is 5.84. The van der Waals surface area contributed by atoms with Crippen LogP contribution in [-0.4, -0.2) is 29.9 Å². The molecule has 0 aliphatic heterocycles. The summed E-state index contributed by atoms with van der Waals surface area (Å²) in [5.74, 6) is -0.678. The van der Waals surface area contributed by atoms with Gasteiger partial charge in [0.1, 0.15) is 5.82 Å². The van der Waals surface area contributed by atoms with Gasteiger partial charge < -0.3 is 22.1 Å². The van der Waals surface area contributed by atoms with Crippen molar-refractivity contribution in [2.24, 2.45) is 17.2 Å². The zero-order valence-electron chi connectivity index (χ0n) is 9.30. The number of carbonyl (C=O) groups excluding carboxylic acids is 2. The second kappa shape index (κ2) is 5.80. The lowest BCUT2D eigenvalue weighted by atomic mass is 10.3. The van der Waals surface area contributed by atoms with Crippen LogP contribution in [0.2, 0.25) is 0 Å². The lowest BCUT2D eigenvalue weighted by Crippen LogP contribution is -2.40. The Morgan fingerprint density at radius 3 is 2.24 bits per heavy atom. The van der Waals surface area contributed by atoms with Gasteiger partial charge in [-0.3, -0.25) is 9.59 Å². The molecule has 17 heavy (non-hydrogen) atoms. The van der Waals surface area contributed by atoms with Gasteiger partial charge in [0.2, 0.25) is 11.8 Å². The fraction of sp³-hybridized carbons (Fsp3) is 0.300. The Morgan fingerprint density at radius 2 is 1.76 bits per heavy atom. The molecule has 0 saturated carbocycles. The van der Waals surface area contributed by atoms with E-state index < -0.39 is 11.8 Å². The van der Waals surface area contributed by atoms with Crippen LogP contribution in [0.25, 0.3) is 0 Å². The van der Waals surface area contributed by atoms with Gasteiger partial charge in [-0.15, -0.1) is 0 Å². The van der Waals surface area contributed by atoms with Crippen LogP contribution < -0.4 is 22.1 Å². The van der Waals surface area contributed by atoms with E-state index in [1.165, 1.54) is 4.90 Å². The molecule has 0 aliphatic carbocycles. The predicted molar refractivity (Wildman–Crippen MR) is 62.7 cm³/mol. The summed E-state index contributed by atoms with van der Waals surface area (Å²) in [5.41, 5.74) is 16.3. The number of hydrogen-bond acceptors (Lipinski definition) is 5. The first-order valence-corrected chi connectivity index (χ1v) is 5.00. The van der Waals surface area contributed by atoms with Crippen LogP contribution >= 0.6 is 0 Å². The quantitative estimate of drug-likeness (QED) is 0.544. The van der Waals surface area contributed by atoms with E-state index in [0.717, 1.165) is 0 Å². The van der Waals surface area contributed by atoms with Crippen LogP contribution in [0.4, 0.5) is 5.82 Å². The van der Waals surface area contributed by atoms with Gasteiger partial charge in [0.25, 0.3) is 0 Å². The molecule has 7 nitrogen and oxygen atoms in total. The van der Waals surface area contributed by atoms with Crippen LogP contribution in [0.3, 0.4) is 0 Å². The van der Waals surface area contributed by atoms with E-state index in [1.54, 1.807) is 18.2 Å². The molecule has 0 spiro atoms. The summed E-state index contributed by atoms with van der Waals surface area (Å²) in [4.78, 5) is 27.4. The second-order valence-electron chi connectivity index (χ2n) is 3.48. The number of amides is 2. The van der Waals surface area contributed by atoms with Gasteiger partial charge in [0.15, 0.2) is 0 Å². The van der Waals surface area contributed by atoms with Crippen LogP contribution in [0.5, 0.6) is 0 Å². The summed E-state index contributed by atoms with van der Waals surface area (Å²) >= 11 is 0. The Labute approximate surface area is 98.6 Å². The zero-order valence-corrected chi connectivity index (χ0v) is 9.30. The Morgan fingerprint density at radius 1 is 1.18 bits per heavy atom. The maximum Gasteiger partial charge on any atom is 0.237 e. The summed E-state index contributed by atoms with van der Waals surface area (Å²) in [6, 6.07) is 5.14. The third-order valence-corrected chi connectivity index (χ3v) is 2.02. The normalized spacial score (nSPS) is 9.94. The number of aromatic nitrogens is 1. The Kier molecular flexibility index (Phi) is 4.41. The van der Waals surface area contributed by atoms with Crippen molar-refractivity contribution in [2.75, 3.05) is 18.0 Å². The fourth-order valence-corrected chi connectivity index (χ4v) is 1.35. The molecular weight excluding hydrogens is 222 g/mol. The number of nitrogens with zero attached hydrogens (tertiary/aromatic N) is 2. The number of pyridine rings is 1. The van der Waals surface area contributed by atoms with Gasteiger partial charge in [-0.2, -0.15) is 0 Å². The lowest BCUT2D eigenvalue weighted by Gasteiger charge is -2.20. The molecule has 0 aromatic carbocycles. The van der Waals surface area contributed by atoms with Gasteiger partial charge >= 0.3 is 0 Å². The van der Waals surface area contributed by atoms with Crippen molar-refractivity contribution in [2.45, 2.75) is 6.54 Å². The van der Waals surface area contributed by atoms with E-state index in [0.29, 0.717) is 11.5 Å². The highest BCUT2D eigenvalue weighted by Gasteiger charge is 2.13. The Bertz CT molecular complexity index is 405. The Hall–Kier alpha value is -2.15. The van der Waals surface area contributed by atoms with Gasteiger partial charge in [-0.25, -0.2) is 4.98 Å². The molecule has 6 N–H and O–H groups in total. The smallest absolute Gasteiger partial charge is 0.237 e. The molecule has 92 valence electrons. The van der Waals surface area contributed by atoms with Crippen LogP contribution in [-0.2, 0) is 16.1 Å². The summed E-state index contributed by atoms with van der Waals surface area (Å²) < 4.78 is 0. The molecule has 1 rings (SSSR count). The molecule has 2 amide bonds. The maximum absolute atomic E-state index is 10.9. The number of rotatable bonds is 6. The number of carbonyl (C=O) groups is 2. The predicted octanol–water partition coefficient (Wildman–Crippen LogP) is -1.68. The topological polar surface area (TPSA) is 128 Å². The van der Waals surface area contributed by atoms with E-state index in [-0.39, 0.29) is 19.6 Å². The highest BCUT2D eigenvalue weighted by atomic mass is 16.2. The zero-order chi connectivity index (χ0) is 12.8. The van der Waals surface area contributed by atoms with E-state index >= 15 is 0 Å². The fourth-order valence-electron chi connectivity index (χ4n) is 1.35. The summed E-state index contributed by atoms with van der Waals surface area (Å²) in [7, 11) is 0. The molecule has 0 saturated heterocycles. The summed E-state index contributed by atoms with van der Waals surface area (Å²) in [6.45, 7) is 0.0305.